The lowest BCUT2D eigenvalue weighted by molar-refractivity contribution is -0.123. The quantitative estimate of drug-likeness (QED) is 0.894. The van der Waals surface area contributed by atoms with Crippen LogP contribution in [0.5, 0.6) is 0 Å². The molecule has 27 heavy (non-hydrogen) atoms. The van der Waals surface area contributed by atoms with E-state index in [1.807, 2.05) is 37.3 Å². The number of aryl methyl sites for hydroxylation is 1. The molecule has 1 aliphatic heterocycles. The summed E-state index contributed by atoms with van der Waals surface area (Å²) in [5.41, 5.74) is 2.05. The minimum Gasteiger partial charge on any atom is -0.445 e. The van der Waals surface area contributed by atoms with Crippen LogP contribution in [0.4, 0.5) is 4.79 Å². The van der Waals surface area contributed by atoms with Crippen molar-refractivity contribution in [2.24, 2.45) is 0 Å². The van der Waals surface area contributed by atoms with E-state index in [0.29, 0.717) is 0 Å². The zero-order chi connectivity index (χ0) is 19.2. The summed E-state index contributed by atoms with van der Waals surface area (Å²) in [6.45, 7) is 2.40. The lowest BCUT2D eigenvalue weighted by Gasteiger charge is -2.31. The molecule has 2 aromatic rings. The Morgan fingerprint density at radius 2 is 2.00 bits per heavy atom. The average Bonchev–Trinajstić information content (AvgIpc) is 2.69. The fourth-order valence-corrected chi connectivity index (χ4v) is 2.77. The molecule has 0 spiro atoms. The van der Waals surface area contributed by atoms with Crippen LogP contribution in [0, 0.1) is 6.92 Å². The van der Waals surface area contributed by atoms with Gasteiger partial charge in [-0.2, -0.15) is 0 Å². The number of rotatable bonds is 4. The van der Waals surface area contributed by atoms with Gasteiger partial charge in [-0.1, -0.05) is 36.4 Å². The van der Waals surface area contributed by atoms with E-state index in [1.165, 1.54) is 4.90 Å². The van der Waals surface area contributed by atoms with Gasteiger partial charge in [-0.3, -0.25) is 14.6 Å². The second kappa shape index (κ2) is 8.44. The number of nitrogens with one attached hydrogen (secondary N) is 1. The second-order valence-electron chi connectivity index (χ2n) is 6.45. The van der Waals surface area contributed by atoms with Crippen LogP contribution in [0.2, 0.25) is 0 Å². The summed E-state index contributed by atoms with van der Waals surface area (Å²) in [4.78, 5) is 42.2. The summed E-state index contributed by atoms with van der Waals surface area (Å²) < 4.78 is 5.30. The first-order valence-corrected chi connectivity index (χ1v) is 8.75. The van der Waals surface area contributed by atoms with E-state index in [4.69, 9.17) is 4.74 Å². The van der Waals surface area contributed by atoms with E-state index in [9.17, 15) is 14.4 Å². The molecule has 7 nitrogen and oxygen atoms in total. The molecule has 140 valence electrons. The minimum atomic E-state index is -0.765. The molecule has 3 rings (SSSR count). The second-order valence-corrected chi connectivity index (χ2v) is 6.45. The van der Waals surface area contributed by atoms with Crippen molar-refractivity contribution >= 4 is 17.8 Å². The Hall–Kier alpha value is -3.22. The van der Waals surface area contributed by atoms with Crippen molar-refractivity contribution in [3.05, 3.63) is 65.5 Å². The number of benzene rings is 1. The van der Waals surface area contributed by atoms with E-state index in [2.05, 4.69) is 10.3 Å². The summed E-state index contributed by atoms with van der Waals surface area (Å²) in [6, 6.07) is 12.0. The highest BCUT2D eigenvalue weighted by Gasteiger charge is 2.32. The van der Waals surface area contributed by atoms with Crippen molar-refractivity contribution in [1.82, 2.24) is 15.2 Å². The maximum absolute atomic E-state index is 12.3. The number of hydrogen-bond acceptors (Lipinski definition) is 5. The first-order valence-electron chi connectivity index (χ1n) is 8.75. The summed E-state index contributed by atoms with van der Waals surface area (Å²) in [5, 5.41) is 2.66. The third-order valence-electron chi connectivity index (χ3n) is 4.33. The lowest BCUT2D eigenvalue weighted by atomic mass is 10.0. The molecule has 1 aliphatic rings. The Morgan fingerprint density at radius 1 is 1.22 bits per heavy atom. The highest BCUT2D eigenvalue weighted by Crippen LogP contribution is 2.11. The zero-order valence-corrected chi connectivity index (χ0v) is 15.1. The van der Waals surface area contributed by atoms with Crippen LogP contribution in [0.3, 0.4) is 0 Å². The Labute approximate surface area is 157 Å². The largest absolute Gasteiger partial charge is 0.445 e. The van der Waals surface area contributed by atoms with Crippen LogP contribution >= 0.6 is 0 Å². The summed E-state index contributed by atoms with van der Waals surface area (Å²) in [6.07, 6.45) is 1.26. The van der Waals surface area contributed by atoms with Gasteiger partial charge in [-0.15, -0.1) is 0 Å². The molecule has 1 atom stereocenters. The molecule has 2 heterocycles. The molecule has 0 saturated carbocycles. The molecule has 2 amide bonds. The number of nitrogens with zero attached hydrogens (tertiary/aromatic N) is 2. The van der Waals surface area contributed by atoms with Gasteiger partial charge >= 0.3 is 6.09 Å². The minimum absolute atomic E-state index is 0.0874. The molecule has 1 fully saturated rings. The van der Waals surface area contributed by atoms with Crippen molar-refractivity contribution < 1.29 is 19.1 Å². The van der Waals surface area contributed by atoms with E-state index in [0.717, 1.165) is 11.1 Å². The molecular weight excluding hydrogens is 346 g/mol. The predicted octanol–water partition coefficient (Wildman–Crippen LogP) is 2.10. The molecule has 1 aromatic carbocycles. The number of amides is 2. The number of ether oxygens (including phenoxy) is 1. The third kappa shape index (κ3) is 4.91. The SMILES string of the molecule is Cc1ccc(C(=O)NC2CN(C(=O)OCc3ccccc3)CCC2=O)nc1. The molecule has 1 N–H and O–H groups in total. The van der Waals surface area contributed by atoms with Gasteiger partial charge in [0.15, 0.2) is 5.78 Å². The Bertz CT molecular complexity index is 821. The molecular formula is C20H21N3O4. The number of pyridine rings is 1. The van der Waals surface area contributed by atoms with Gasteiger partial charge in [0.2, 0.25) is 0 Å². The maximum atomic E-state index is 12.3. The summed E-state index contributed by atoms with van der Waals surface area (Å²) in [5.74, 6) is -0.546. The number of piperidine rings is 1. The molecule has 1 unspecified atom stereocenters. The fraction of sp³-hybridized carbons (Fsp3) is 0.300. The molecule has 0 radical (unpaired) electrons. The number of aromatic nitrogens is 1. The smallest absolute Gasteiger partial charge is 0.410 e. The van der Waals surface area contributed by atoms with E-state index < -0.39 is 18.0 Å². The van der Waals surface area contributed by atoms with Gasteiger partial charge < -0.3 is 15.0 Å². The third-order valence-corrected chi connectivity index (χ3v) is 4.33. The number of carbonyl (C=O) groups is 3. The first-order chi connectivity index (χ1) is 13.0. The van der Waals surface area contributed by atoms with Crippen molar-refractivity contribution in [2.45, 2.75) is 26.0 Å². The standard InChI is InChI=1S/C20H21N3O4/c1-14-7-8-16(21-11-14)19(25)22-17-12-23(10-9-18(17)24)20(26)27-13-15-5-3-2-4-6-15/h2-8,11,17H,9-10,12-13H2,1H3,(H,22,25). The van der Waals surface area contributed by atoms with Crippen molar-refractivity contribution in [3.8, 4) is 0 Å². The Balaban J connectivity index is 1.56. The molecule has 1 aromatic heterocycles. The predicted molar refractivity (Wildman–Crippen MR) is 98.1 cm³/mol. The number of carbonyl (C=O) groups excluding carboxylic acids is 3. The zero-order valence-electron chi connectivity index (χ0n) is 15.1. The highest BCUT2D eigenvalue weighted by molar-refractivity contribution is 5.97. The monoisotopic (exact) mass is 367 g/mol. The van der Waals surface area contributed by atoms with Crippen LogP contribution < -0.4 is 5.32 Å². The number of ketones is 1. The van der Waals surface area contributed by atoms with Gasteiger partial charge in [-0.25, -0.2) is 4.79 Å². The van der Waals surface area contributed by atoms with Gasteiger partial charge in [0, 0.05) is 19.2 Å². The molecule has 0 aliphatic carbocycles. The summed E-state index contributed by atoms with van der Waals surface area (Å²) >= 11 is 0. The van der Waals surface area contributed by atoms with Crippen LogP contribution in [-0.4, -0.2) is 46.8 Å². The molecule has 1 saturated heterocycles. The van der Waals surface area contributed by atoms with E-state index in [-0.39, 0.29) is 37.6 Å². The van der Waals surface area contributed by atoms with Crippen LogP contribution in [0.15, 0.2) is 48.7 Å². The Morgan fingerprint density at radius 3 is 2.70 bits per heavy atom. The first kappa shape index (κ1) is 18.6. The summed E-state index contributed by atoms with van der Waals surface area (Å²) in [7, 11) is 0. The topological polar surface area (TPSA) is 88.6 Å². The lowest BCUT2D eigenvalue weighted by Crippen LogP contribution is -2.54. The maximum Gasteiger partial charge on any atom is 0.410 e. The van der Waals surface area contributed by atoms with Crippen molar-refractivity contribution in [1.29, 1.82) is 0 Å². The highest BCUT2D eigenvalue weighted by atomic mass is 16.6. The number of likely N-dealkylation sites (tertiary alicyclic amines) is 1. The van der Waals surface area contributed by atoms with Gasteiger partial charge in [0.25, 0.3) is 5.91 Å². The van der Waals surface area contributed by atoms with Crippen LogP contribution in [0.1, 0.15) is 28.0 Å². The van der Waals surface area contributed by atoms with Crippen molar-refractivity contribution in [3.63, 3.8) is 0 Å². The average molecular weight is 367 g/mol. The van der Waals surface area contributed by atoms with Crippen LogP contribution in [0.25, 0.3) is 0 Å². The fourth-order valence-electron chi connectivity index (χ4n) is 2.77. The Kier molecular flexibility index (Phi) is 5.80. The number of Topliss-reactive ketones (excluding diaryl/α,β-unsaturated/α-hetero) is 1. The van der Waals surface area contributed by atoms with Crippen molar-refractivity contribution in [2.75, 3.05) is 13.1 Å². The molecule has 0 bridgehead atoms. The number of hydrogen-bond donors (Lipinski definition) is 1. The van der Waals surface area contributed by atoms with E-state index >= 15 is 0 Å². The molecule has 7 heteroatoms. The van der Waals surface area contributed by atoms with E-state index in [1.54, 1.807) is 18.3 Å². The van der Waals surface area contributed by atoms with Crippen LogP contribution in [-0.2, 0) is 16.1 Å². The van der Waals surface area contributed by atoms with Gasteiger partial charge in [-0.05, 0) is 24.1 Å². The van der Waals surface area contributed by atoms with Gasteiger partial charge in [0.05, 0.1) is 6.54 Å². The normalized spacial score (nSPS) is 16.7. The van der Waals surface area contributed by atoms with Gasteiger partial charge in [0.1, 0.15) is 18.3 Å².